The van der Waals surface area contributed by atoms with Gasteiger partial charge in [-0.2, -0.15) is 18.2 Å². The van der Waals surface area contributed by atoms with Gasteiger partial charge in [-0.15, -0.1) is 0 Å². The largest absolute Gasteiger partial charge is 0.480 e. The molecule has 1 atom stereocenters. The second-order valence-electron chi connectivity index (χ2n) is 7.69. The minimum atomic E-state index is -4.54. The molecule has 0 fully saturated rings. The number of carboxylic acid groups (broad SMARTS) is 1. The number of carbonyl (C=O) groups is 3. The van der Waals surface area contributed by atoms with E-state index in [0.717, 1.165) is 12.1 Å². The third-order valence-electron chi connectivity index (χ3n) is 4.69. The first-order chi connectivity index (χ1) is 16.4. The van der Waals surface area contributed by atoms with Gasteiger partial charge in [-0.25, -0.2) is 9.59 Å². The molecule has 10 nitrogen and oxygen atoms in total. The van der Waals surface area contributed by atoms with Crippen molar-refractivity contribution in [1.29, 1.82) is 0 Å². The molecule has 0 aliphatic heterocycles. The van der Waals surface area contributed by atoms with Crippen LogP contribution in [0.25, 0.3) is 11.4 Å². The van der Waals surface area contributed by atoms with Crippen molar-refractivity contribution >= 4 is 29.3 Å². The Hall–Kier alpha value is -4.42. The predicted molar refractivity (Wildman–Crippen MR) is 118 cm³/mol. The van der Waals surface area contributed by atoms with Gasteiger partial charge in [0.25, 0.3) is 0 Å². The molecule has 0 radical (unpaired) electrons. The summed E-state index contributed by atoms with van der Waals surface area (Å²) in [7, 11) is 0. The fourth-order valence-electron chi connectivity index (χ4n) is 2.92. The second kappa shape index (κ2) is 10.2. The number of benzene rings is 2. The van der Waals surface area contributed by atoms with Crippen LogP contribution < -0.4 is 16.0 Å². The van der Waals surface area contributed by atoms with Gasteiger partial charge in [-0.3, -0.25) is 4.79 Å². The lowest BCUT2D eigenvalue weighted by atomic mass is 10.1. The van der Waals surface area contributed by atoms with Crippen molar-refractivity contribution < 1.29 is 37.2 Å². The minimum absolute atomic E-state index is 0.0332. The number of halogens is 3. The molecule has 3 rings (SSSR count). The van der Waals surface area contributed by atoms with Crippen LogP contribution in [0.3, 0.4) is 0 Å². The number of amides is 3. The maximum absolute atomic E-state index is 12.8. The molecular weight excluding hydrogens is 471 g/mol. The van der Waals surface area contributed by atoms with Crippen LogP contribution in [0.2, 0.25) is 0 Å². The summed E-state index contributed by atoms with van der Waals surface area (Å²) in [5, 5.41) is 20.0. The molecule has 184 valence electrons. The Morgan fingerprint density at radius 3 is 2.26 bits per heavy atom. The van der Waals surface area contributed by atoms with Crippen LogP contribution in [-0.4, -0.2) is 39.2 Å². The van der Waals surface area contributed by atoms with Gasteiger partial charge >= 0.3 is 30.0 Å². The summed E-state index contributed by atoms with van der Waals surface area (Å²) in [4.78, 5) is 39.5. The van der Waals surface area contributed by atoms with E-state index in [1.54, 1.807) is 13.8 Å². The SMILES string of the molecule is CC(C)[C@H](NC(=O)c1nc(-c2ccc(NC(=O)Nc3cccc(C(F)(F)F)c3)cc2)no1)C(=O)O. The number of hydrogen-bond acceptors (Lipinski definition) is 6. The normalized spacial score (nSPS) is 12.2. The first-order valence-electron chi connectivity index (χ1n) is 10.2. The molecule has 0 unspecified atom stereocenters. The topological polar surface area (TPSA) is 146 Å². The summed E-state index contributed by atoms with van der Waals surface area (Å²) in [5.74, 6) is -2.78. The van der Waals surface area contributed by atoms with Crippen LogP contribution in [0.4, 0.5) is 29.3 Å². The summed E-state index contributed by atoms with van der Waals surface area (Å²) in [6.07, 6.45) is -4.54. The third-order valence-corrected chi connectivity index (χ3v) is 4.69. The fourth-order valence-corrected chi connectivity index (χ4v) is 2.92. The Morgan fingerprint density at radius 1 is 1.00 bits per heavy atom. The number of urea groups is 1. The first kappa shape index (κ1) is 25.2. The predicted octanol–water partition coefficient (Wildman–Crippen LogP) is 4.24. The van der Waals surface area contributed by atoms with Crippen molar-refractivity contribution in [2.45, 2.75) is 26.1 Å². The van der Waals surface area contributed by atoms with Crippen LogP contribution in [0.1, 0.15) is 30.1 Å². The number of nitrogens with zero attached hydrogens (tertiary/aromatic N) is 2. The highest BCUT2D eigenvalue weighted by atomic mass is 19.4. The molecule has 2 aromatic carbocycles. The fraction of sp³-hybridized carbons (Fsp3) is 0.227. The summed E-state index contributed by atoms with van der Waals surface area (Å²) in [6, 6.07) is 8.31. The maximum Gasteiger partial charge on any atom is 0.416 e. The van der Waals surface area contributed by atoms with Gasteiger partial charge in [0.1, 0.15) is 6.04 Å². The van der Waals surface area contributed by atoms with Crippen LogP contribution >= 0.6 is 0 Å². The zero-order chi connectivity index (χ0) is 25.8. The molecule has 4 N–H and O–H groups in total. The van der Waals surface area contributed by atoms with E-state index in [2.05, 4.69) is 26.1 Å². The number of aromatic nitrogens is 2. The van der Waals surface area contributed by atoms with Crippen LogP contribution in [0.15, 0.2) is 53.1 Å². The van der Waals surface area contributed by atoms with Crippen molar-refractivity contribution in [1.82, 2.24) is 15.5 Å². The van der Waals surface area contributed by atoms with Gasteiger partial charge in [-0.1, -0.05) is 25.1 Å². The highest BCUT2D eigenvalue weighted by Crippen LogP contribution is 2.30. The number of anilines is 2. The van der Waals surface area contributed by atoms with Crippen molar-refractivity contribution in [2.24, 2.45) is 5.92 Å². The number of rotatable bonds is 7. The Balaban J connectivity index is 1.62. The number of nitrogens with one attached hydrogen (secondary N) is 3. The molecule has 0 saturated heterocycles. The van der Waals surface area contributed by atoms with E-state index in [1.165, 1.54) is 36.4 Å². The quantitative estimate of drug-likeness (QED) is 0.387. The van der Waals surface area contributed by atoms with E-state index in [-0.39, 0.29) is 17.4 Å². The molecule has 3 amide bonds. The van der Waals surface area contributed by atoms with E-state index in [9.17, 15) is 32.7 Å². The highest BCUT2D eigenvalue weighted by Gasteiger charge is 2.30. The summed E-state index contributed by atoms with van der Waals surface area (Å²) >= 11 is 0. The smallest absolute Gasteiger partial charge is 0.416 e. The summed E-state index contributed by atoms with van der Waals surface area (Å²) in [5.41, 5.74) is -0.180. The molecule has 35 heavy (non-hydrogen) atoms. The van der Waals surface area contributed by atoms with Crippen molar-refractivity contribution in [3.63, 3.8) is 0 Å². The molecule has 1 heterocycles. The van der Waals surface area contributed by atoms with Crippen LogP contribution in [-0.2, 0) is 11.0 Å². The van der Waals surface area contributed by atoms with Gasteiger partial charge < -0.3 is 25.6 Å². The number of carbonyl (C=O) groups excluding carboxylic acids is 2. The van der Waals surface area contributed by atoms with Crippen molar-refractivity contribution in [3.05, 3.63) is 60.0 Å². The number of alkyl halides is 3. The van der Waals surface area contributed by atoms with Crippen LogP contribution in [0, 0.1) is 5.92 Å². The zero-order valence-corrected chi connectivity index (χ0v) is 18.4. The van der Waals surface area contributed by atoms with Crippen molar-refractivity contribution in [3.8, 4) is 11.4 Å². The number of carboxylic acids is 1. The van der Waals surface area contributed by atoms with Crippen molar-refractivity contribution in [2.75, 3.05) is 10.6 Å². The van der Waals surface area contributed by atoms with E-state index >= 15 is 0 Å². The molecule has 1 aromatic heterocycles. The third kappa shape index (κ3) is 6.56. The lowest BCUT2D eigenvalue weighted by molar-refractivity contribution is -0.140. The molecule has 0 aliphatic rings. The molecule has 13 heteroatoms. The maximum atomic E-state index is 12.8. The Kier molecular flexibility index (Phi) is 7.37. The standard InChI is InChI=1S/C22H20F3N5O5/c1-11(2)16(20(32)33)28-18(31)19-29-17(30-35-19)12-6-8-14(9-7-12)26-21(34)27-15-5-3-4-13(10-15)22(23,24)25/h3-11,16H,1-2H3,(H,28,31)(H,32,33)(H2,26,27,34)/t16-/m0/s1. The Bertz CT molecular complexity index is 1220. The molecule has 0 aliphatic carbocycles. The minimum Gasteiger partial charge on any atom is -0.480 e. The average Bonchev–Trinajstić information content (AvgIpc) is 3.27. The molecule has 0 spiro atoms. The van der Waals surface area contributed by atoms with Gasteiger partial charge in [0, 0.05) is 16.9 Å². The lowest BCUT2D eigenvalue weighted by Crippen LogP contribution is -2.44. The summed E-state index contributed by atoms with van der Waals surface area (Å²) in [6.45, 7) is 3.27. The van der Waals surface area contributed by atoms with E-state index < -0.39 is 41.6 Å². The highest BCUT2D eigenvalue weighted by molar-refractivity contribution is 6.00. The van der Waals surface area contributed by atoms with Gasteiger partial charge in [-0.05, 0) is 48.4 Å². The first-order valence-corrected chi connectivity index (χ1v) is 10.2. The summed E-state index contributed by atoms with van der Waals surface area (Å²) < 4.78 is 43.3. The Labute approximate surface area is 196 Å². The molecule has 0 bridgehead atoms. The Morgan fingerprint density at radius 2 is 1.66 bits per heavy atom. The second-order valence-corrected chi connectivity index (χ2v) is 7.69. The van der Waals surface area contributed by atoms with E-state index in [1.807, 2.05) is 0 Å². The lowest BCUT2D eigenvalue weighted by Gasteiger charge is -2.16. The molecule has 3 aromatic rings. The van der Waals surface area contributed by atoms with Gasteiger partial charge in [0.2, 0.25) is 5.82 Å². The van der Waals surface area contributed by atoms with E-state index in [4.69, 9.17) is 4.52 Å². The number of hydrogen-bond donors (Lipinski definition) is 4. The van der Waals surface area contributed by atoms with E-state index in [0.29, 0.717) is 11.3 Å². The molecular formula is C22H20F3N5O5. The van der Waals surface area contributed by atoms with Gasteiger partial charge in [0.05, 0.1) is 5.56 Å². The van der Waals surface area contributed by atoms with Gasteiger partial charge in [0.15, 0.2) is 0 Å². The average molecular weight is 491 g/mol. The zero-order valence-electron chi connectivity index (χ0n) is 18.4. The monoisotopic (exact) mass is 491 g/mol. The number of aliphatic carboxylic acids is 1. The molecule has 0 saturated carbocycles. The van der Waals surface area contributed by atoms with Crippen LogP contribution in [0.5, 0.6) is 0 Å².